The van der Waals surface area contributed by atoms with E-state index in [-0.39, 0.29) is 17.8 Å². The van der Waals surface area contributed by atoms with Crippen LogP contribution in [0.3, 0.4) is 0 Å². The van der Waals surface area contributed by atoms with Crippen molar-refractivity contribution in [2.75, 3.05) is 13.7 Å². The van der Waals surface area contributed by atoms with E-state index in [4.69, 9.17) is 4.74 Å². The van der Waals surface area contributed by atoms with Gasteiger partial charge in [-0.2, -0.15) is 4.90 Å². The van der Waals surface area contributed by atoms with Crippen molar-refractivity contribution in [3.05, 3.63) is 46.3 Å². The van der Waals surface area contributed by atoms with Crippen LogP contribution in [0, 0.1) is 23.6 Å². The van der Waals surface area contributed by atoms with E-state index in [1.807, 2.05) is 19.9 Å². The minimum Gasteiger partial charge on any atom is -0.505 e. The molecular formula is C26H30FNO6. The van der Waals surface area contributed by atoms with Crippen molar-refractivity contribution < 1.29 is 33.4 Å². The van der Waals surface area contributed by atoms with Gasteiger partial charge < -0.3 is 14.6 Å². The Hall–Kier alpha value is -3.00. The Kier molecular flexibility index (Phi) is 6.89. The second kappa shape index (κ2) is 9.70. The maximum Gasteiger partial charge on any atom is 0.423 e. The van der Waals surface area contributed by atoms with Gasteiger partial charge in [-0.3, -0.25) is 9.59 Å². The summed E-state index contributed by atoms with van der Waals surface area (Å²) in [6.45, 7) is 4.41. The molecule has 8 heteroatoms. The second-order valence-electron chi connectivity index (χ2n) is 9.06. The van der Waals surface area contributed by atoms with Gasteiger partial charge in [-0.25, -0.2) is 9.18 Å². The van der Waals surface area contributed by atoms with Crippen LogP contribution in [0.4, 0.5) is 9.18 Å². The number of halogens is 1. The summed E-state index contributed by atoms with van der Waals surface area (Å²) in [7, 11) is 1.16. The third-order valence-electron chi connectivity index (χ3n) is 7.32. The van der Waals surface area contributed by atoms with Crippen molar-refractivity contribution in [1.82, 2.24) is 4.90 Å². The number of rotatable bonds is 6. The molecule has 4 atom stereocenters. The molecule has 0 bridgehead atoms. The number of carbonyl (C=O) groups excluding carboxylic acids is 3. The molecule has 1 N–H and O–H groups in total. The zero-order valence-corrected chi connectivity index (χ0v) is 19.7. The average Bonchev–Trinajstić information content (AvgIpc) is 3.36. The van der Waals surface area contributed by atoms with Crippen LogP contribution in [0.5, 0.6) is 5.75 Å². The third-order valence-corrected chi connectivity index (χ3v) is 7.32. The topological polar surface area (TPSA) is 93.1 Å². The fraction of sp³-hybridized carbons (Fsp3) is 0.500. The van der Waals surface area contributed by atoms with Gasteiger partial charge in [0, 0.05) is 5.92 Å². The van der Waals surface area contributed by atoms with Gasteiger partial charge in [-0.1, -0.05) is 37.1 Å². The van der Waals surface area contributed by atoms with Crippen molar-refractivity contribution in [3.8, 4) is 5.75 Å². The zero-order valence-electron chi connectivity index (χ0n) is 19.7. The highest BCUT2D eigenvalue weighted by atomic mass is 19.1. The van der Waals surface area contributed by atoms with Gasteiger partial charge in [0.25, 0.3) is 0 Å². The molecule has 1 aromatic rings. The molecule has 2 heterocycles. The number of likely N-dealkylation sites (tertiary alicyclic amines) is 1. The highest BCUT2D eigenvalue weighted by Crippen LogP contribution is 2.50. The summed E-state index contributed by atoms with van der Waals surface area (Å²) in [5, 5.41) is 9.41. The number of ether oxygens (including phenoxy) is 2. The summed E-state index contributed by atoms with van der Waals surface area (Å²) in [6.07, 6.45) is 4.25. The van der Waals surface area contributed by atoms with E-state index in [1.54, 1.807) is 6.07 Å². The molecule has 3 amide bonds. The number of benzene rings is 1. The Morgan fingerprint density at radius 1 is 1.26 bits per heavy atom. The molecule has 3 aliphatic rings. The predicted molar refractivity (Wildman–Crippen MR) is 122 cm³/mol. The smallest absolute Gasteiger partial charge is 0.423 e. The molecule has 4 rings (SSSR count). The molecule has 2 fully saturated rings. The minimum atomic E-state index is -0.928. The summed E-state index contributed by atoms with van der Waals surface area (Å²) in [5.74, 6) is -3.36. The molecule has 2 aliphatic heterocycles. The number of phenols is 1. The van der Waals surface area contributed by atoms with E-state index in [2.05, 4.69) is 4.74 Å². The number of imide groups is 3. The average molecular weight is 472 g/mol. The first kappa shape index (κ1) is 24.1. The van der Waals surface area contributed by atoms with Crippen LogP contribution in [0.1, 0.15) is 51.5 Å². The van der Waals surface area contributed by atoms with Gasteiger partial charge in [-0.15, -0.1) is 0 Å². The fourth-order valence-corrected chi connectivity index (χ4v) is 5.60. The van der Waals surface area contributed by atoms with E-state index in [0.29, 0.717) is 29.9 Å². The molecule has 7 nitrogen and oxygen atoms in total. The van der Waals surface area contributed by atoms with Gasteiger partial charge in [0.05, 0.1) is 31.7 Å². The highest BCUT2D eigenvalue weighted by molar-refractivity contribution is 6.16. The molecule has 2 saturated heterocycles. The Morgan fingerprint density at radius 2 is 2.03 bits per heavy atom. The lowest BCUT2D eigenvalue weighted by Gasteiger charge is -2.31. The first-order valence-electron chi connectivity index (χ1n) is 11.8. The predicted octanol–water partition coefficient (Wildman–Crippen LogP) is 4.60. The molecular weight excluding hydrogens is 441 g/mol. The molecule has 34 heavy (non-hydrogen) atoms. The number of hydrogen-bond donors (Lipinski definition) is 1. The number of allylic oxidation sites excluding steroid dienone is 2. The lowest BCUT2D eigenvalue weighted by atomic mass is 9.69. The van der Waals surface area contributed by atoms with Crippen molar-refractivity contribution in [2.45, 2.75) is 52.1 Å². The fourth-order valence-electron chi connectivity index (χ4n) is 5.60. The van der Waals surface area contributed by atoms with Crippen molar-refractivity contribution in [3.63, 3.8) is 0 Å². The normalized spacial score (nSPS) is 26.7. The molecule has 0 spiro atoms. The minimum absolute atomic E-state index is 0.164. The van der Waals surface area contributed by atoms with Crippen LogP contribution in [-0.4, -0.2) is 47.7 Å². The van der Waals surface area contributed by atoms with Gasteiger partial charge in [0.2, 0.25) is 11.8 Å². The van der Waals surface area contributed by atoms with E-state index >= 15 is 0 Å². The maximum atomic E-state index is 13.7. The van der Waals surface area contributed by atoms with Gasteiger partial charge in [0.1, 0.15) is 0 Å². The summed E-state index contributed by atoms with van der Waals surface area (Å²) in [6, 6.07) is 4.32. The molecule has 1 aromatic carbocycles. The van der Waals surface area contributed by atoms with Crippen LogP contribution in [-0.2, 0) is 19.1 Å². The molecule has 0 unspecified atom stereocenters. The Balaban J connectivity index is 1.53. The Morgan fingerprint density at radius 3 is 2.68 bits per heavy atom. The summed E-state index contributed by atoms with van der Waals surface area (Å²) >= 11 is 0. The summed E-state index contributed by atoms with van der Waals surface area (Å²) in [4.78, 5) is 38.6. The first-order valence-corrected chi connectivity index (χ1v) is 11.8. The molecule has 1 aliphatic carbocycles. The van der Waals surface area contributed by atoms with Crippen LogP contribution >= 0.6 is 0 Å². The number of carbonyl (C=O) groups is 3. The summed E-state index contributed by atoms with van der Waals surface area (Å²) < 4.78 is 24.5. The van der Waals surface area contributed by atoms with Crippen LogP contribution in [0.2, 0.25) is 0 Å². The SMILES string of the molecule is CCC1=C2[C@@H](CC/C(=C/c3ccc(O)c(F)c3)CC)OC[C@@H]2[C@@H]2C(=O)N(C(=O)OC)C(=O)[C@@H]2C1. The number of nitrogens with zero attached hydrogens (tertiary/aromatic N) is 1. The van der Waals surface area contributed by atoms with Crippen molar-refractivity contribution in [1.29, 1.82) is 0 Å². The number of methoxy groups -OCH3 is 1. The van der Waals surface area contributed by atoms with Crippen molar-refractivity contribution in [2.24, 2.45) is 17.8 Å². The second-order valence-corrected chi connectivity index (χ2v) is 9.06. The number of fused-ring (bicyclic) bond motifs is 3. The van der Waals surface area contributed by atoms with Crippen LogP contribution < -0.4 is 0 Å². The Labute approximate surface area is 198 Å². The van der Waals surface area contributed by atoms with E-state index < -0.39 is 35.6 Å². The van der Waals surface area contributed by atoms with Crippen LogP contribution in [0.25, 0.3) is 6.08 Å². The quantitative estimate of drug-likeness (QED) is 0.482. The number of aromatic hydroxyl groups is 1. The van der Waals surface area contributed by atoms with Crippen LogP contribution in [0.15, 0.2) is 34.9 Å². The molecule has 0 aromatic heterocycles. The van der Waals surface area contributed by atoms with E-state index in [0.717, 1.165) is 43.1 Å². The van der Waals surface area contributed by atoms with Gasteiger partial charge in [-0.05, 0) is 55.4 Å². The largest absolute Gasteiger partial charge is 0.505 e. The zero-order chi connectivity index (χ0) is 24.6. The lowest BCUT2D eigenvalue weighted by Crippen LogP contribution is -2.38. The highest BCUT2D eigenvalue weighted by Gasteiger charge is 2.58. The molecule has 182 valence electrons. The first-order chi connectivity index (χ1) is 16.3. The van der Waals surface area contributed by atoms with E-state index in [1.165, 1.54) is 12.1 Å². The third kappa shape index (κ3) is 4.15. The van der Waals surface area contributed by atoms with Gasteiger partial charge in [0.15, 0.2) is 11.6 Å². The monoisotopic (exact) mass is 471 g/mol. The molecule has 0 saturated carbocycles. The number of phenolic OH excluding ortho intramolecular Hbond substituents is 1. The van der Waals surface area contributed by atoms with Gasteiger partial charge >= 0.3 is 6.09 Å². The summed E-state index contributed by atoms with van der Waals surface area (Å²) in [5.41, 5.74) is 4.03. The maximum absolute atomic E-state index is 13.7. The standard InChI is InChI=1S/C26H30FNO6/c1-4-14(10-15-6-8-20(29)19(27)11-15)7-9-21-22-16(5-2)12-17-23(18(22)13-34-21)25(31)28(24(17)30)26(32)33-3/h6,8,10-11,17-18,21,23,29H,4-5,7,9,12-13H2,1-3H3/b14-10+/t17-,18+,21-,23-/m1/s1. The number of amides is 3. The van der Waals surface area contributed by atoms with E-state index in [9.17, 15) is 23.9 Å². The van der Waals surface area contributed by atoms with Crippen molar-refractivity contribution >= 4 is 24.0 Å². The lowest BCUT2D eigenvalue weighted by molar-refractivity contribution is -0.137. The Bertz CT molecular complexity index is 1080. The molecule has 0 radical (unpaired) electrons. The number of hydrogen-bond acceptors (Lipinski definition) is 6.